The Balaban J connectivity index is 2.07. The highest BCUT2D eigenvalue weighted by molar-refractivity contribution is 7.12. The summed E-state index contributed by atoms with van der Waals surface area (Å²) >= 11 is 1.37. The molecule has 24 heavy (non-hydrogen) atoms. The number of nitrogens with zero attached hydrogens (tertiary/aromatic N) is 1. The first kappa shape index (κ1) is 18.2. The van der Waals surface area contributed by atoms with E-state index >= 15 is 0 Å². The zero-order valence-corrected chi connectivity index (χ0v) is 14.8. The van der Waals surface area contributed by atoms with Gasteiger partial charge in [0.05, 0.1) is 11.0 Å². The first-order chi connectivity index (χ1) is 11.4. The highest BCUT2D eigenvalue weighted by atomic mass is 32.1. The minimum absolute atomic E-state index is 0.00897. The third-order valence-corrected chi connectivity index (χ3v) is 4.35. The fourth-order valence-electron chi connectivity index (χ4n) is 2.28. The van der Waals surface area contributed by atoms with Crippen molar-refractivity contribution in [1.82, 2.24) is 4.90 Å². The standard InChI is InChI=1S/C18H22N2O3S/c1-12(2)20(11-13(3)21)18(23)14-6-8-15(9-7-14)19-17(22)16-5-4-10-24-16/h4-10,12-13,21H,11H2,1-3H3,(H,19,22). The van der Waals surface area contributed by atoms with E-state index in [1.807, 2.05) is 25.3 Å². The number of anilines is 1. The summed E-state index contributed by atoms with van der Waals surface area (Å²) in [5, 5.41) is 14.2. The molecule has 6 heteroatoms. The van der Waals surface area contributed by atoms with Crippen LogP contribution in [-0.2, 0) is 0 Å². The van der Waals surface area contributed by atoms with Gasteiger partial charge in [0, 0.05) is 23.8 Å². The van der Waals surface area contributed by atoms with E-state index in [9.17, 15) is 14.7 Å². The number of thiophene rings is 1. The molecular formula is C18H22N2O3S. The maximum absolute atomic E-state index is 12.6. The molecule has 0 fully saturated rings. The van der Waals surface area contributed by atoms with Crippen molar-refractivity contribution in [1.29, 1.82) is 0 Å². The van der Waals surface area contributed by atoms with Gasteiger partial charge in [0.15, 0.2) is 0 Å². The van der Waals surface area contributed by atoms with E-state index in [4.69, 9.17) is 0 Å². The molecule has 128 valence electrons. The van der Waals surface area contributed by atoms with Crippen LogP contribution >= 0.6 is 11.3 Å². The van der Waals surface area contributed by atoms with Crippen molar-refractivity contribution < 1.29 is 14.7 Å². The van der Waals surface area contributed by atoms with Crippen molar-refractivity contribution in [3.8, 4) is 0 Å². The fraction of sp³-hybridized carbons (Fsp3) is 0.333. The van der Waals surface area contributed by atoms with Crippen LogP contribution in [0, 0.1) is 0 Å². The van der Waals surface area contributed by atoms with Gasteiger partial charge in [-0.05, 0) is 56.5 Å². The summed E-state index contributed by atoms with van der Waals surface area (Å²) in [7, 11) is 0. The molecule has 0 saturated heterocycles. The van der Waals surface area contributed by atoms with Crippen LogP contribution in [0.3, 0.4) is 0 Å². The number of amides is 2. The topological polar surface area (TPSA) is 69.6 Å². The third kappa shape index (κ3) is 4.66. The van der Waals surface area contributed by atoms with Crippen LogP contribution in [0.1, 0.15) is 40.8 Å². The predicted molar refractivity (Wildman–Crippen MR) is 96.6 cm³/mol. The van der Waals surface area contributed by atoms with Crippen molar-refractivity contribution in [2.24, 2.45) is 0 Å². The van der Waals surface area contributed by atoms with E-state index in [0.29, 0.717) is 16.1 Å². The monoisotopic (exact) mass is 346 g/mol. The molecule has 0 aliphatic rings. The predicted octanol–water partition coefficient (Wildman–Crippen LogP) is 3.23. The van der Waals surface area contributed by atoms with Crippen LogP contribution in [0.4, 0.5) is 5.69 Å². The molecule has 0 bridgehead atoms. The summed E-state index contributed by atoms with van der Waals surface area (Å²) in [6, 6.07) is 10.4. The Kier molecular flexibility index (Phi) is 6.11. The Hall–Kier alpha value is -2.18. The number of carbonyl (C=O) groups excluding carboxylic acids is 2. The van der Waals surface area contributed by atoms with Gasteiger partial charge in [0.2, 0.25) is 0 Å². The van der Waals surface area contributed by atoms with Crippen LogP contribution in [0.25, 0.3) is 0 Å². The third-order valence-electron chi connectivity index (χ3n) is 3.48. The zero-order chi connectivity index (χ0) is 17.7. The van der Waals surface area contributed by atoms with Crippen LogP contribution in [-0.4, -0.2) is 40.5 Å². The minimum Gasteiger partial charge on any atom is -0.392 e. The second-order valence-electron chi connectivity index (χ2n) is 5.91. The lowest BCUT2D eigenvalue weighted by Gasteiger charge is -2.28. The number of carbonyl (C=O) groups is 2. The van der Waals surface area contributed by atoms with E-state index in [2.05, 4.69) is 5.32 Å². The number of hydrogen-bond acceptors (Lipinski definition) is 4. The van der Waals surface area contributed by atoms with Gasteiger partial charge in [-0.1, -0.05) is 6.07 Å². The summed E-state index contributed by atoms with van der Waals surface area (Å²) < 4.78 is 0. The molecule has 0 aliphatic carbocycles. The second-order valence-corrected chi connectivity index (χ2v) is 6.86. The molecule has 0 spiro atoms. The number of aliphatic hydroxyl groups is 1. The summed E-state index contributed by atoms with van der Waals surface area (Å²) in [5.74, 6) is -0.302. The average Bonchev–Trinajstić information content (AvgIpc) is 3.07. The van der Waals surface area contributed by atoms with E-state index in [1.165, 1.54) is 11.3 Å². The van der Waals surface area contributed by atoms with Gasteiger partial charge in [-0.25, -0.2) is 0 Å². The number of hydrogen-bond donors (Lipinski definition) is 2. The number of rotatable bonds is 6. The Morgan fingerprint density at radius 3 is 2.33 bits per heavy atom. The summed E-state index contributed by atoms with van der Waals surface area (Å²) in [5.41, 5.74) is 1.16. The van der Waals surface area contributed by atoms with Gasteiger partial charge in [-0.3, -0.25) is 9.59 Å². The van der Waals surface area contributed by atoms with Crippen molar-refractivity contribution in [3.63, 3.8) is 0 Å². The molecule has 1 atom stereocenters. The van der Waals surface area contributed by atoms with Gasteiger partial charge < -0.3 is 15.3 Å². The molecule has 2 aromatic rings. The molecule has 0 saturated carbocycles. The zero-order valence-electron chi connectivity index (χ0n) is 14.0. The Bertz CT molecular complexity index is 679. The van der Waals surface area contributed by atoms with Gasteiger partial charge in [0.1, 0.15) is 0 Å². The van der Waals surface area contributed by atoms with Crippen LogP contribution in [0.15, 0.2) is 41.8 Å². The average molecular weight is 346 g/mol. The van der Waals surface area contributed by atoms with Crippen LogP contribution in [0.2, 0.25) is 0 Å². The quantitative estimate of drug-likeness (QED) is 0.844. The molecule has 5 nitrogen and oxygen atoms in total. The Labute approximate surface area is 145 Å². The van der Waals surface area contributed by atoms with Crippen molar-refractivity contribution >= 4 is 28.8 Å². The van der Waals surface area contributed by atoms with E-state index in [0.717, 1.165) is 0 Å². The first-order valence-electron chi connectivity index (χ1n) is 7.82. The molecule has 1 unspecified atom stereocenters. The molecule has 2 rings (SSSR count). The van der Waals surface area contributed by atoms with Gasteiger partial charge >= 0.3 is 0 Å². The molecule has 0 aliphatic heterocycles. The summed E-state index contributed by atoms with van der Waals surface area (Å²) in [6.07, 6.45) is -0.583. The largest absolute Gasteiger partial charge is 0.392 e. The van der Waals surface area contributed by atoms with Gasteiger partial charge in [0.25, 0.3) is 11.8 Å². The molecule has 2 amide bonds. The molecule has 1 heterocycles. The normalized spacial score (nSPS) is 12.0. The fourth-order valence-corrected chi connectivity index (χ4v) is 2.89. The number of benzene rings is 1. The highest BCUT2D eigenvalue weighted by Crippen LogP contribution is 2.16. The lowest BCUT2D eigenvalue weighted by molar-refractivity contribution is 0.0579. The number of nitrogens with one attached hydrogen (secondary N) is 1. The maximum atomic E-state index is 12.6. The first-order valence-corrected chi connectivity index (χ1v) is 8.70. The number of aliphatic hydroxyl groups excluding tert-OH is 1. The summed E-state index contributed by atoms with van der Waals surface area (Å²) in [4.78, 5) is 26.8. The second kappa shape index (κ2) is 8.08. The molecule has 1 aromatic carbocycles. The smallest absolute Gasteiger partial charge is 0.265 e. The van der Waals surface area contributed by atoms with Crippen molar-refractivity contribution in [2.45, 2.75) is 32.9 Å². The van der Waals surface area contributed by atoms with Crippen LogP contribution < -0.4 is 5.32 Å². The molecule has 2 N–H and O–H groups in total. The van der Waals surface area contributed by atoms with Crippen molar-refractivity contribution in [3.05, 3.63) is 52.2 Å². The summed E-state index contributed by atoms with van der Waals surface area (Å²) in [6.45, 7) is 5.77. The van der Waals surface area contributed by atoms with Gasteiger partial charge in [-0.2, -0.15) is 0 Å². The van der Waals surface area contributed by atoms with E-state index < -0.39 is 6.10 Å². The highest BCUT2D eigenvalue weighted by Gasteiger charge is 2.20. The van der Waals surface area contributed by atoms with Crippen LogP contribution in [0.5, 0.6) is 0 Å². The van der Waals surface area contributed by atoms with Crippen molar-refractivity contribution in [2.75, 3.05) is 11.9 Å². The van der Waals surface area contributed by atoms with E-state index in [-0.39, 0.29) is 24.4 Å². The lowest BCUT2D eigenvalue weighted by Crippen LogP contribution is -2.41. The maximum Gasteiger partial charge on any atom is 0.265 e. The molecule has 0 radical (unpaired) electrons. The Morgan fingerprint density at radius 2 is 1.83 bits per heavy atom. The van der Waals surface area contributed by atoms with E-state index in [1.54, 1.807) is 42.2 Å². The molecule has 1 aromatic heterocycles. The molecular weight excluding hydrogens is 324 g/mol. The minimum atomic E-state index is -0.583. The SMILES string of the molecule is CC(O)CN(C(=O)c1ccc(NC(=O)c2cccs2)cc1)C(C)C. The Morgan fingerprint density at radius 1 is 1.17 bits per heavy atom. The van der Waals surface area contributed by atoms with Gasteiger partial charge in [-0.15, -0.1) is 11.3 Å². The lowest BCUT2D eigenvalue weighted by atomic mass is 10.1.